The number of carbonyl (C=O) groups is 2. The molecule has 0 spiro atoms. The van der Waals surface area contributed by atoms with E-state index in [2.05, 4.69) is 10.6 Å². The largest absolute Gasteiger partial charge is 0.387 e. The quantitative estimate of drug-likeness (QED) is 0.685. The van der Waals surface area contributed by atoms with Gasteiger partial charge < -0.3 is 20.6 Å². The van der Waals surface area contributed by atoms with E-state index in [9.17, 15) is 14.7 Å². The molecule has 1 saturated heterocycles. The maximum Gasteiger partial charge on any atom is 0.315 e. The van der Waals surface area contributed by atoms with Gasteiger partial charge in [0.25, 0.3) is 0 Å². The molecular formula is C25H33N3O3. The monoisotopic (exact) mass is 423 g/mol. The molecule has 166 valence electrons. The second-order valence-electron chi connectivity index (χ2n) is 8.91. The number of nitrogens with one attached hydrogen (secondary N) is 2. The standard InChI is InChI=1S/C25H33N3O3/c29-23(21-11-10-18-6-4-5-9-20(18)16-21)17-26-25(31)27-22-12-14-28(15-13-22)24(30)19-7-2-1-3-8-19/h4-6,9-11,16,19,22-23,29H,1-3,7-8,12-15,17H2,(H2,26,27,31). The Bertz CT molecular complexity index is 902. The van der Waals surface area contributed by atoms with Crippen molar-refractivity contribution in [1.29, 1.82) is 0 Å². The number of rotatable bonds is 5. The molecule has 2 aliphatic rings. The normalized spacial score (nSPS) is 19.2. The first kappa shape index (κ1) is 21.6. The highest BCUT2D eigenvalue weighted by molar-refractivity contribution is 5.83. The maximum absolute atomic E-state index is 12.7. The number of hydrogen-bond acceptors (Lipinski definition) is 3. The fraction of sp³-hybridized carbons (Fsp3) is 0.520. The molecule has 3 N–H and O–H groups in total. The van der Waals surface area contributed by atoms with Crippen LogP contribution in [0.5, 0.6) is 0 Å². The summed E-state index contributed by atoms with van der Waals surface area (Å²) >= 11 is 0. The number of carbonyl (C=O) groups excluding carboxylic acids is 2. The molecule has 3 amide bonds. The van der Waals surface area contributed by atoms with Gasteiger partial charge in [0.2, 0.25) is 5.91 Å². The maximum atomic E-state index is 12.7. The molecule has 2 fully saturated rings. The summed E-state index contributed by atoms with van der Waals surface area (Å²) in [7, 11) is 0. The number of benzene rings is 2. The van der Waals surface area contributed by atoms with Gasteiger partial charge in [-0.1, -0.05) is 55.7 Å². The average Bonchev–Trinajstić information content (AvgIpc) is 2.83. The van der Waals surface area contributed by atoms with Crippen molar-refractivity contribution in [2.75, 3.05) is 19.6 Å². The molecule has 1 saturated carbocycles. The number of likely N-dealkylation sites (tertiary alicyclic amines) is 1. The molecular weight excluding hydrogens is 390 g/mol. The van der Waals surface area contributed by atoms with Crippen LogP contribution in [0.2, 0.25) is 0 Å². The molecule has 0 bridgehead atoms. The van der Waals surface area contributed by atoms with Gasteiger partial charge in [-0.15, -0.1) is 0 Å². The van der Waals surface area contributed by atoms with Gasteiger partial charge in [0, 0.05) is 31.6 Å². The predicted octanol–water partition coefficient (Wildman–Crippen LogP) is 3.74. The lowest BCUT2D eigenvalue weighted by molar-refractivity contribution is -0.137. The van der Waals surface area contributed by atoms with Crippen molar-refractivity contribution >= 4 is 22.7 Å². The SMILES string of the molecule is O=C(NCC(O)c1ccc2ccccc2c1)NC1CCN(C(=O)C2CCCCC2)CC1. The van der Waals surface area contributed by atoms with Crippen LogP contribution in [0.25, 0.3) is 10.8 Å². The summed E-state index contributed by atoms with van der Waals surface area (Å²) in [6.07, 6.45) is 6.43. The highest BCUT2D eigenvalue weighted by atomic mass is 16.3. The molecule has 2 aromatic rings. The van der Waals surface area contributed by atoms with Crippen LogP contribution in [0.15, 0.2) is 42.5 Å². The Kier molecular flexibility index (Phi) is 7.07. The number of aliphatic hydroxyl groups excluding tert-OH is 1. The number of nitrogens with zero attached hydrogens (tertiary/aromatic N) is 1. The summed E-state index contributed by atoms with van der Waals surface area (Å²) in [5.74, 6) is 0.513. The van der Waals surface area contributed by atoms with E-state index in [0.717, 1.165) is 42.0 Å². The van der Waals surface area contributed by atoms with Crippen molar-refractivity contribution in [3.05, 3.63) is 48.0 Å². The average molecular weight is 424 g/mol. The van der Waals surface area contributed by atoms with E-state index in [4.69, 9.17) is 0 Å². The third kappa shape index (κ3) is 5.56. The van der Waals surface area contributed by atoms with E-state index in [0.29, 0.717) is 19.0 Å². The summed E-state index contributed by atoms with van der Waals surface area (Å²) < 4.78 is 0. The molecule has 0 radical (unpaired) electrons. The van der Waals surface area contributed by atoms with Gasteiger partial charge in [-0.25, -0.2) is 4.79 Å². The van der Waals surface area contributed by atoms with Gasteiger partial charge in [0.05, 0.1) is 6.10 Å². The van der Waals surface area contributed by atoms with Gasteiger partial charge in [0.15, 0.2) is 0 Å². The van der Waals surface area contributed by atoms with Crippen molar-refractivity contribution in [1.82, 2.24) is 15.5 Å². The van der Waals surface area contributed by atoms with Crippen LogP contribution in [-0.2, 0) is 4.79 Å². The molecule has 6 nitrogen and oxygen atoms in total. The summed E-state index contributed by atoms with van der Waals surface area (Å²) in [5.41, 5.74) is 0.786. The zero-order chi connectivity index (χ0) is 21.6. The molecule has 6 heteroatoms. The summed E-state index contributed by atoms with van der Waals surface area (Å²) in [6.45, 7) is 1.57. The first-order valence-electron chi connectivity index (χ1n) is 11.6. The van der Waals surface area contributed by atoms with E-state index in [-0.39, 0.29) is 24.5 Å². The number of hydrogen-bond donors (Lipinski definition) is 3. The van der Waals surface area contributed by atoms with Crippen LogP contribution in [0.3, 0.4) is 0 Å². The second-order valence-corrected chi connectivity index (χ2v) is 8.91. The third-order valence-electron chi connectivity index (χ3n) is 6.71. The van der Waals surface area contributed by atoms with Crippen LogP contribution >= 0.6 is 0 Å². The lowest BCUT2D eigenvalue weighted by Gasteiger charge is -2.35. The molecule has 2 aromatic carbocycles. The lowest BCUT2D eigenvalue weighted by Crippen LogP contribution is -2.50. The van der Waals surface area contributed by atoms with E-state index in [1.807, 2.05) is 47.4 Å². The van der Waals surface area contributed by atoms with E-state index in [1.54, 1.807) is 0 Å². The van der Waals surface area contributed by atoms with Crippen molar-refractivity contribution in [3.63, 3.8) is 0 Å². The van der Waals surface area contributed by atoms with Gasteiger partial charge in [-0.05, 0) is 48.1 Å². The Balaban J connectivity index is 1.20. The zero-order valence-electron chi connectivity index (χ0n) is 18.1. The Morgan fingerprint density at radius 3 is 2.42 bits per heavy atom. The second kappa shape index (κ2) is 10.1. The molecule has 1 atom stereocenters. The molecule has 1 unspecified atom stereocenters. The molecule has 0 aromatic heterocycles. The first-order valence-corrected chi connectivity index (χ1v) is 11.6. The Labute approximate surface area is 184 Å². The van der Waals surface area contributed by atoms with Crippen molar-refractivity contribution < 1.29 is 14.7 Å². The minimum absolute atomic E-state index is 0.0632. The van der Waals surface area contributed by atoms with Gasteiger partial charge in [0.1, 0.15) is 0 Å². The van der Waals surface area contributed by atoms with Crippen molar-refractivity contribution in [2.24, 2.45) is 5.92 Å². The van der Waals surface area contributed by atoms with Gasteiger partial charge in [-0.3, -0.25) is 4.79 Å². The highest BCUT2D eigenvalue weighted by Gasteiger charge is 2.29. The number of amides is 3. The minimum atomic E-state index is -0.759. The number of aliphatic hydroxyl groups is 1. The fourth-order valence-electron chi connectivity index (χ4n) is 4.81. The van der Waals surface area contributed by atoms with Crippen LogP contribution < -0.4 is 10.6 Å². The van der Waals surface area contributed by atoms with E-state index >= 15 is 0 Å². The molecule has 1 aliphatic heterocycles. The van der Waals surface area contributed by atoms with Crippen molar-refractivity contribution in [2.45, 2.75) is 57.1 Å². The smallest absolute Gasteiger partial charge is 0.315 e. The van der Waals surface area contributed by atoms with Gasteiger partial charge in [-0.2, -0.15) is 0 Å². The van der Waals surface area contributed by atoms with Crippen LogP contribution in [0, 0.1) is 5.92 Å². The van der Waals surface area contributed by atoms with Crippen LogP contribution in [-0.4, -0.2) is 47.6 Å². The number of piperidine rings is 1. The van der Waals surface area contributed by atoms with Gasteiger partial charge >= 0.3 is 6.03 Å². The minimum Gasteiger partial charge on any atom is -0.387 e. The van der Waals surface area contributed by atoms with E-state index in [1.165, 1.54) is 19.3 Å². The Morgan fingerprint density at radius 1 is 0.968 bits per heavy atom. The highest BCUT2D eigenvalue weighted by Crippen LogP contribution is 2.26. The molecule has 1 heterocycles. The Hall–Kier alpha value is -2.60. The summed E-state index contributed by atoms with van der Waals surface area (Å²) in [4.78, 5) is 27.0. The third-order valence-corrected chi connectivity index (χ3v) is 6.71. The number of urea groups is 1. The topological polar surface area (TPSA) is 81.7 Å². The Morgan fingerprint density at radius 2 is 1.68 bits per heavy atom. The number of fused-ring (bicyclic) bond motifs is 1. The molecule has 31 heavy (non-hydrogen) atoms. The van der Waals surface area contributed by atoms with Crippen LogP contribution in [0.4, 0.5) is 4.79 Å². The van der Waals surface area contributed by atoms with Crippen molar-refractivity contribution in [3.8, 4) is 0 Å². The summed E-state index contributed by atoms with van der Waals surface area (Å²) in [5, 5.41) is 18.4. The van der Waals surface area contributed by atoms with Crippen LogP contribution in [0.1, 0.15) is 56.6 Å². The zero-order valence-corrected chi connectivity index (χ0v) is 18.1. The fourth-order valence-corrected chi connectivity index (χ4v) is 4.81. The predicted molar refractivity (Wildman–Crippen MR) is 122 cm³/mol. The molecule has 1 aliphatic carbocycles. The lowest BCUT2D eigenvalue weighted by atomic mass is 9.87. The first-order chi connectivity index (χ1) is 15.1. The van der Waals surface area contributed by atoms with E-state index < -0.39 is 6.10 Å². The molecule has 4 rings (SSSR count). The summed E-state index contributed by atoms with van der Waals surface area (Å²) in [6, 6.07) is 13.6.